The molecular weight excluding hydrogens is 344 g/mol. The molecule has 2 fully saturated rings. The first-order chi connectivity index (χ1) is 11.5. The highest BCUT2D eigenvalue weighted by Gasteiger charge is 2.31. The maximum absolute atomic E-state index is 12.9. The van der Waals surface area contributed by atoms with Gasteiger partial charge >= 0.3 is 0 Å². The van der Waals surface area contributed by atoms with Crippen LogP contribution in [0.3, 0.4) is 0 Å². The average molecular weight is 371 g/mol. The minimum Gasteiger partial charge on any atom is -0.349 e. The van der Waals surface area contributed by atoms with Gasteiger partial charge in [-0.25, -0.2) is 8.42 Å². The lowest BCUT2D eigenvalue weighted by Gasteiger charge is -2.27. The summed E-state index contributed by atoms with van der Waals surface area (Å²) in [6, 6.07) is 1.74. The highest BCUT2D eigenvalue weighted by molar-refractivity contribution is 7.89. The van der Waals surface area contributed by atoms with E-state index in [9.17, 15) is 13.2 Å². The van der Waals surface area contributed by atoms with Crippen LogP contribution in [0.15, 0.2) is 16.3 Å². The predicted octanol–water partition coefficient (Wildman–Crippen LogP) is 3.23. The zero-order valence-electron chi connectivity index (χ0n) is 14.2. The molecule has 0 radical (unpaired) electrons. The fourth-order valence-corrected chi connectivity index (χ4v) is 6.39. The quantitative estimate of drug-likeness (QED) is 0.885. The highest BCUT2D eigenvalue weighted by Crippen LogP contribution is 2.28. The number of hydrogen-bond donors (Lipinski definition) is 1. The first-order valence-corrected chi connectivity index (χ1v) is 11.2. The second-order valence-corrected chi connectivity index (χ2v) is 9.83. The van der Waals surface area contributed by atoms with E-state index in [1.807, 2.05) is 0 Å². The SMILES string of the molecule is CC1CCC(NC(=O)c2sccc2S(=O)(=O)N2CCCCC2)CC1. The number of piperidine rings is 1. The van der Waals surface area contributed by atoms with Crippen molar-refractivity contribution < 1.29 is 13.2 Å². The largest absolute Gasteiger partial charge is 0.349 e. The van der Waals surface area contributed by atoms with Gasteiger partial charge in [-0.3, -0.25) is 4.79 Å². The Kier molecular flexibility index (Phi) is 5.62. The lowest BCUT2D eigenvalue weighted by Crippen LogP contribution is -2.39. The Hall–Kier alpha value is -0.920. The zero-order chi connectivity index (χ0) is 17.2. The molecular formula is C17H26N2O3S2. The van der Waals surface area contributed by atoms with E-state index in [1.54, 1.807) is 11.4 Å². The molecule has 3 rings (SSSR count). The molecule has 1 aliphatic carbocycles. The van der Waals surface area contributed by atoms with Crippen LogP contribution in [0.25, 0.3) is 0 Å². The lowest BCUT2D eigenvalue weighted by molar-refractivity contribution is 0.0924. The monoisotopic (exact) mass is 370 g/mol. The van der Waals surface area contributed by atoms with Crippen molar-refractivity contribution in [3.05, 3.63) is 16.3 Å². The molecule has 0 aromatic carbocycles. The number of hydrogen-bond acceptors (Lipinski definition) is 4. The van der Waals surface area contributed by atoms with Gasteiger partial charge in [0.25, 0.3) is 5.91 Å². The molecule has 0 atom stereocenters. The molecule has 24 heavy (non-hydrogen) atoms. The molecule has 1 saturated carbocycles. The van der Waals surface area contributed by atoms with E-state index < -0.39 is 10.0 Å². The fraction of sp³-hybridized carbons (Fsp3) is 0.706. The summed E-state index contributed by atoms with van der Waals surface area (Å²) < 4.78 is 27.2. The van der Waals surface area contributed by atoms with Crippen LogP contribution in [0.1, 0.15) is 61.5 Å². The Labute approximate surface area is 148 Å². The smallest absolute Gasteiger partial charge is 0.262 e. The lowest BCUT2D eigenvalue weighted by atomic mass is 9.87. The molecule has 1 N–H and O–H groups in total. The van der Waals surface area contributed by atoms with Crippen LogP contribution in [0.5, 0.6) is 0 Å². The van der Waals surface area contributed by atoms with Gasteiger partial charge in [0.15, 0.2) is 0 Å². The van der Waals surface area contributed by atoms with E-state index in [0.29, 0.717) is 18.0 Å². The summed E-state index contributed by atoms with van der Waals surface area (Å²) in [6.07, 6.45) is 7.06. The van der Waals surface area contributed by atoms with Gasteiger partial charge < -0.3 is 5.32 Å². The molecule has 0 spiro atoms. The van der Waals surface area contributed by atoms with E-state index in [1.165, 1.54) is 15.6 Å². The van der Waals surface area contributed by atoms with Gasteiger partial charge in [0.05, 0.1) is 0 Å². The van der Waals surface area contributed by atoms with Gasteiger partial charge in [-0.2, -0.15) is 4.31 Å². The topological polar surface area (TPSA) is 66.5 Å². The van der Waals surface area contributed by atoms with Crippen LogP contribution >= 0.6 is 11.3 Å². The first kappa shape index (κ1) is 17.9. The molecule has 0 unspecified atom stereocenters. The molecule has 134 valence electrons. The van der Waals surface area contributed by atoms with E-state index in [2.05, 4.69) is 12.2 Å². The van der Waals surface area contributed by atoms with Gasteiger partial charge in [0.2, 0.25) is 10.0 Å². The number of sulfonamides is 1. The Morgan fingerprint density at radius 1 is 1.17 bits per heavy atom. The zero-order valence-corrected chi connectivity index (χ0v) is 15.8. The van der Waals surface area contributed by atoms with Crippen molar-refractivity contribution in [2.45, 2.75) is 62.8 Å². The third-order valence-electron chi connectivity index (χ3n) is 5.12. The summed E-state index contributed by atoms with van der Waals surface area (Å²) in [5.74, 6) is 0.482. The molecule has 1 aromatic rings. The number of amides is 1. The van der Waals surface area contributed by atoms with E-state index in [0.717, 1.165) is 50.9 Å². The number of carbonyl (C=O) groups excluding carboxylic acids is 1. The third-order valence-corrected chi connectivity index (χ3v) is 8.10. The van der Waals surface area contributed by atoms with Gasteiger partial charge in [0.1, 0.15) is 9.77 Å². The molecule has 1 saturated heterocycles. The molecule has 1 amide bonds. The van der Waals surface area contributed by atoms with E-state index in [-0.39, 0.29) is 16.8 Å². The molecule has 5 nitrogen and oxygen atoms in total. The number of nitrogens with one attached hydrogen (secondary N) is 1. The Morgan fingerprint density at radius 2 is 1.83 bits per heavy atom. The summed E-state index contributed by atoms with van der Waals surface area (Å²) in [5.41, 5.74) is 0. The van der Waals surface area contributed by atoms with Gasteiger partial charge in [-0.1, -0.05) is 13.3 Å². The van der Waals surface area contributed by atoms with Crippen molar-refractivity contribution in [2.24, 2.45) is 5.92 Å². The Morgan fingerprint density at radius 3 is 2.50 bits per heavy atom. The van der Waals surface area contributed by atoms with Crippen molar-refractivity contribution in [3.8, 4) is 0 Å². The number of nitrogens with zero attached hydrogens (tertiary/aromatic N) is 1. The number of thiophene rings is 1. The van der Waals surface area contributed by atoms with Crippen LogP contribution in [0.4, 0.5) is 0 Å². The van der Waals surface area contributed by atoms with Crippen LogP contribution < -0.4 is 5.32 Å². The normalized spacial score (nSPS) is 26.2. The summed E-state index contributed by atoms with van der Waals surface area (Å²) in [5, 5.41) is 4.75. The molecule has 2 heterocycles. The minimum atomic E-state index is -3.56. The van der Waals surface area contributed by atoms with Crippen molar-refractivity contribution in [1.82, 2.24) is 9.62 Å². The van der Waals surface area contributed by atoms with E-state index in [4.69, 9.17) is 0 Å². The van der Waals surface area contributed by atoms with Crippen molar-refractivity contribution >= 4 is 27.3 Å². The minimum absolute atomic E-state index is 0.168. The standard InChI is InChI=1S/C17H26N2O3S2/c1-13-5-7-14(8-6-13)18-17(20)16-15(9-12-23-16)24(21,22)19-10-3-2-4-11-19/h9,12-14H,2-8,10-11H2,1H3,(H,18,20). The summed E-state index contributed by atoms with van der Waals surface area (Å²) >= 11 is 1.22. The molecule has 1 aliphatic heterocycles. The summed E-state index contributed by atoms with van der Waals surface area (Å²) in [7, 11) is -3.56. The second kappa shape index (κ2) is 7.54. The van der Waals surface area contributed by atoms with Crippen LogP contribution in [0.2, 0.25) is 0 Å². The molecule has 1 aromatic heterocycles. The molecule has 2 aliphatic rings. The highest BCUT2D eigenvalue weighted by atomic mass is 32.2. The van der Waals surface area contributed by atoms with Crippen LogP contribution in [-0.4, -0.2) is 37.8 Å². The van der Waals surface area contributed by atoms with Gasteiger partial charge in [-0.05, 0) is 55.9 Å². The molecule has 7 heteroatoms. The fourth-order valence-electron chi connectivity index (χ4n) is 3.57. The van der Waals surface area contributed by atoms with E-state index >= 15 is 0 Å². The first-order valence-electron chi connectivity index (χ1n) is 8.87. The average Bonchev–Trinajstić information content (AvgIpc) is 3.08. The Balaban J connectivity index is 1.73. The maximum Gasteiger partial charge on any atom is 0.262 e. The number of carbonyl (C=O) groups is 1. The molecule has 0 bridgehead atoms. The summed E-state index contributed by atoms with van der Waals surface area (Å²) in [6.45, 7) is 3.35. The van der Waals surface area contributed by atoms with Crippen molar-refractivity contribution in [2.75, 3.05) is 13.1 Å². The van der Waals surface area contributed by atoms with Gasteiger partial charge in [-0.15, -0.1) is 11.3 Å². The summed E-state index contributed by atoms with van der Waals surface area (Å²) in [4.78, 5) is 13.1. The second-order valence-electron chi connectivity index (χ2n) is 7.01. The van der Waals surface area contributed by atoms with Gasteiger partial charge in [0, 0.05) is 19.1 Å². The third kappa shape index (κ3) is 3.83. The predicted molar refractivity (Wildman–Crippen MR) is 95.8 cm³/mol. The van der Waals surface area contributed by atoms with Crippen LogP contribution in [-0.2, 0) is 10.0 Å². The van der Waals surface area contributed by atoms with Crippen molar-refractivity contribution in [1.29, 1.82) is 0 Å². The maximum atomic E-state index is 12.9. The Bertz CT molecular complexity index is 670. The van der Waals surface area contributed by atoms with Crippen LogP contribution in [0, 0.1) is 5.92 Å². The number of rotatable bonds is 4. The van der Waals surface area contributed by atoms with Crippen molar-refractivity contribution in [3.63, 3.8) is 0 Å².